The third-order valence-electron chi connectivity index (χ3n) is 4.88. The zero-order valence-corrected chi connectivity index (χ0v) is 17.0. The second kappa shape index (κ2) is 8.04. The summed E-state index contributed by atoms with van der Waals surface area (Å²) in [4.78, 5) is 24.2. The molecule has 0 saturated heterocycles. The highest BCUT2D eigenvalue weighted by Crippen LogP contribution is 2.22. The zero-order valence-electron chi connectivity index (χ0n) is 16.3. The lowest BCUT2D eigenvalue weighted by Crippen LogP contribution is -2.23. The van der Waals surface area contributed by atoms with E-state index < -0.39 is 0 Å². The maximum absolute atomic E-state index is 12.5. The minimum absolute atomic E-state index is 0.178. The highest BCUT2D eigenvalue weighted by atomic mass is 35.5. The number of nitrogens with one attached hydrogen (secondary N) is 2. The Morgan fingerprint density at radius 2 is 1.84 bits per heavy atom. The van der Waals surface area contributed by atoms with Gasteiger partial charge in [0.15, 0.2) is 5.65 Å². The zero-order chi connectivity index (χ0) is 21.2. The molecule has 1 amide bonds. The first kappa shape index (κ1) is 19.0. The van der Waals surface area contributed by atoms with Crippen molar-refractivity contribution < 1.29 is 4.79 Å². The summed E-state index contributed by atoms with van der Waals surface area (Å²) >= 11 is 5.95. The Hall–Kier alpha value is -3.97. The molecule has 3 heterocycles. The lowest BCUT2D eigenvalue weighted by molar-refractivity contribution is 0.0950. The lowest BCUT2D eigenvalue weighted by atomic mass is 10.1. The summed E-state index contributed by atoms with van der Waals surface area (Å²) in [5, 5.41) is 7.99. The fraction of sp³-hybridized carbons (Fsp3) is 0.0435. The van der Waals surface area contributed by atoms with Crippen molar-refractivity contribution in [2.75, 3.05) is 0 Å². The Bertz CT molecular complexity index is 1320. The summed E-state index contributed by atoms with van der Waals surface area (Å²) in [6.45, 7) is 0.292. The van der Waals surface area contributed by atoms with E-state index in [-0.39, 0.29) is 5.91 Å². The molecule has 0 bridgehead atoms. The summed E-state index contributed by atoms with van der Waals surface area (Å²) in [5.41, 5.74) is 4.91. The molecule has 0 saturated carbocycles. The number of amides is 1. The van der Waals surface area contributed by atoms with E-state index in [0.29, 0.717) is 28.6 Å². The number of aromatic amines is 1. The van der Waals surface area contributed by atoms with Crippen molar-refractivity contribution in [3.8, 4) is 16.8 Å². The van der Waals surface area contributed by atoms with Gasteiger partial charge in [0.2, 0.25) is 0 Å². The van der Waals surface area contributed by atoms with Crippen LogP contribution in [-0.4, -0.2) is 30.6 Å². The van der Waals surface area contributed by atoms with Gasteiger partial charge in [0, 0.05) is 28.5 Å². The summed E-state index contributed by atoms with van der Waals surface area (Å²) in [7, 11) is 0. The minimum atomic E-state index is -0.178. The molecule has 0 atom stereocenters. The summed E-state index contributed by atoms with van der Waals surface area (Å²) in [6, 6.07) is 18.6. The van der Waals surface area contributed by atoms with E-state index >= 15 is 0 Å². The largest absolute Gasteiger partial charge is 0.345 e. The van der Waals surface area contributed by atoms with Gasteiger partial charge in [-0.3, -0.25) is 4.79 Å². The monoisotopic (exact) mass is 428 g/mol. The second-order valence-electron chi connectivity index (χ2n) is 6.97. The van der Waals surface area contributed by atoms with Crippen molar-refractivity contribution in [2.45, 2.75) is 6.54 Å². The quantitative estimate of drug-likeness (QED) is 0.434. The van der Waals surface area contributed by atoms with E-state index in [1.807, 2.05) is 54.7 Å². The SMILES string of the molecule is O=C(NCc1nc2ncccc2[nH]1)c1ccc(-n2cc(-c3ccc(Cl)cc3)cn2)cc1. The lowest BCUT2D eigenvalue weighted by Gasteiger charge is -2.05. The van der Waals surface area contributed by atoms with Gasteiger partial charge in [0.1, 0.15) is 5.82 Å². The van der Waals surface area contributed by atoms with E-state index in [2.05, 4.69) is 25.4 Å². The van der Waals surface area contributed by atoms with Gasteiger partial charge in [-0.1, -0.05) is 23.7 Å². The van der Waals surface area contributed by atoms with Crippen LogP contribution in [0.1, 0.15) is 16.2 Å². The topological polar surface area (TPSA) is 88.5 Å². The number of hydrogen-bond acceptors (Lipinski definition) is 4. The molecule has 3 aromatic heterocycles. The average Bonchev–Trinajstić information content (AvgIpc) is 3.45. The Labute approximate surface area is 182 Å². The number of fused-ring (bicyclic) bond motifs is 1. The molecule has 0 aliphatic rings. The van der Waals surface area contributed by atoms with Crippen LogP contribution in [0.25, 0.3) is 28.0 Å². The van der Waals surface area contributed by atoms with Crippen LogP contribution in [0, 0.1) is 0 Å². The molecule has 2 N–H and O–H groups in total. The third kappa shape index (κ3) is 4.04. The van der Waals surface area contributed by atoms with Crippen molar-refractivity contribution in [3.63, 3.8) is 0 Å². The number of carbonyl (C=O) groups excluding carboxylic acids is 1. The molecule has 0 aliphatic carbocycles. The number of carbonyl (C=O) groups is 1. The predicted octanol–water partition coefficient (Wildman–Crippen LogP) is 4.39. The number of imidazole rings is 1. The van der Waals surface area contributed by atoms with Crippen molar-refractivity contribution in [3.05, 3.63) is 95.7 Å². The first-order valence-electron chi connectivity index (χ1n) is 9.64. The van der Waals surface area contributed by atoms with Crippen LogP contribution >= 0.6 is 11.6 Å². The molecule has 0 fully saturated rings. The van der Waals surface area contributed by atoms with Gasteiger partial charge in [-0.15, -0.1) is 0 Å². The van der Waals surface area contributed by atoms with Crippen molar-refractivity contribution in [2.24, 2.45) is 0 Å². The Kier molecular flexibility index (Phi) is 4.93. The third-order valence-corrected chi connectivity index (χ3v) is 5.13. The molecular weight excluding hydrogens is 412 g/mol. The normalized spacial score (nSPS) is 11.0. The van der Waals surface area contributed by atoms with E-state index in [1.165, 1.54) is 0 Å². The Morgan fingerprint density at radius 1 is 1.03 bits per heavy atom. The molecule has 5 rings (SSSR count). The average molecular weight is 429 g/mol. The molecule has 0 unspecified atom stereocenters. The number of hydrogen-bond donors (Lipinski definition) is 2. The molecule has 0 spiro atoms. The van der Waals surface area contributed by atoms with Crippen molar-refractivity contribution >= 4 is 28.7 Å². The van der Waals surface area contributed by atoms with Crippen LogP contribution < -0.4 is 5.32 Å². The molecule has 8 heteroatoms. The number of nitrogens with zero attached hydrogens (tertiary/aromatic N) is 4. The summed E-state index contributed by atoms with van der Waals surface area (Å²) in [5.74, 6) is 0.479. The second-order valence-corrected chi connectivity index (χ2v) is 7.40. The highest BCUT2D eigenvalue weighted by molar-refractivity contribution is 6.30. The van der Waals surface area contributed by atoms with Crippen molar-refractivity contribution in [1.82, 2.24) is 30.0 Å². The fourth-order valence-electron chi connectivity index (χ4n) is 3.27. The van der Waals surface area contributed by atoms with Crippen LogP contribution in [-0.2, 0) is 6.54 Å². The Balaban J connectivity index is 1.26. The predicted molar refractivity (Wildman–Crippen MR) is 119 cm³/mol. The van der Waals surface area contributed by atoms with E-state index in [9.17, 15) is 4.79 Å². The fourth-order valence-corrected chi connectivity index (χ4v) is 3.39. The van der Waals surface area contributed by atoms with Crippen LogP contribution in [0.5, 0.6) is 0 Å². The number of halogens is 1. The van der Waals surface area contributed by atoms with Crippen LogP contribution in [0.4, 0.5) is 0 Å². The smallest absolute Gasteiger partial charge is 0.251 e. The molecule has 2 aromatic carbocycles. The highest BCUT2D eigenvalue weighted by Gasteiger charge is 2.09. The van der Waals surface area contributed by atoms with Gasteiger partial charge < -0.3 is 10.3 Å². The van der Waals surface area contributed by atoms with Crippen LogP contribution in [0.15, 0.2) is 79.3 Å². The first-order chi connectivity index (χ1) is 15.2. The molecular formula is C23H17ClN6O. The maximum atomic E-state index is 12.5. The van der Waals surface area contributed by atoms with Gasteiger partial charge in [-0.05, 0) is 54.1 Å². The van der Waals surface area contributed by atoms with Gasteiger partial charge in [0.25, 0.3) is 5.91 Å². The van der Waals surface area contributed by atoms with E-state index in [1.54, 1.807) is 29.2 Å². The van der Waals surface area contributed by atoms with Gasteiger partial charge in [-0.25, -0.2) is 14.6 Å². The maximum Gasteiger partial charge on any atom is 0.251 e. The van der Waals surface area contributed by atoms with Gasteiger partial charge >= 0.3 is 0 Å². The molecule has 31 heavy (non-hydrogen) atoms. The molecule has 0 radical (unpaired) electrons. The number of aromatic nitrogens is 5. The number of benzene rings is 2. The van der Waals surface area contributed by atoms with Crippen molar-refractivity contribution in [1.29, 1.82) is 0 Å². The number of H-pyrrole nitrogens is 1. The van der Waals surface area contributed by atoms with Crippen LogP contribution in [0.3, 0.4) is 0 Å². The molecule has 0 aliphatic heterocycles. The van der Waals surface area contributed by atoms with Gasteiger partial charge in [-0.2, -0.15) is 5.10 Å². The van der Waals surface area contributed by atoms with Gasteiger partial charge in [0.05, 0.1) is 23.9 Å². The summed E-state index contributed by atoms with van der Waals surface area (Å²) < 4.78 is 1.77. The molecule has 7 nitrogen and oxygen atoms in total. The number of rotatable bonds is 5. The first-order valence-corrected chi connectivity index (χ1v) is 10.0. The molecule has 152 valence electrons. The minimum Gasteiger partial charge on any atom is -0.345 e. The standard InChI is InChI=1S/C23H17ClN6O/c24-18-7-3-15(4-8-18)17-12-27-30(14-17)19-9-5-16(6-10-19)23(31)26-13-21-28-20-2-1-11-25-22(20)29-21/h1-12,14H,13H2,(H,26,31)(H,25,28,29). The van der Waals surface area contributed by atoms with E-state index in [4.69, 9.17) is 11.6 Å². The van der Waals surface area contributed by atoms with E-state index in [0.717, 1.165) is 22.3 Å². The Morgan fingerprint density at radius 3 is 2.61 bits per heavy atom. The van der Waals surface area contributed by atoms with Crippen LogP contribution in [0.2, 0.25) is 5.02 Å². The molecule has 5 aromatic rings. The summed E-state index contributed by atoms with van der Waals surface area (Å²) in [6.07, 6.45) is 5.42. The number of pyridine rings is 1.